The van der Waals surface area contributed by atoms with Crippen LogP contribution in [0.4, 0.5) is 13.2 Å². The van der Waals surface area contributed by atoms with Crippen molar-refractivity contribution in [1.82, 2.24) is 15.4 Å². The van der Waals surface area contributed by atoms with Crippen molar-refractivity contribution >= 4 is 15.9 Å². The van der Waals surface area contributed by atoms with Crippen LogP contribution < -0.4 is 5.48 Å². The predicted octanol–water partition coefficient (Wildman–Crippen LogP) is 3.33. The minimum absolute atomic E-state index is 0.224. The molecule has 2 aliphatic heterocycles. The van der Waals surface area contributed by atoms with E-state index in [1.54, 1.807) is 0 Å². The number of pyridine rings is 1. The van der Waals surface area contributed by atoms with Gasteiger partial charge in [0, 0.05) is 19.2 Å². The summed E-state index contributed by atoms with van der Waals surface area (Å²) in [6.45, 7) is 2.43. The van der Waals surface area contributed by atoms with Gasteiger partial charge in [-0.3, -0.25) is 14.7 Å². The first kappa shape index (κ1) is 17.1. The van der Waals surface area contributed by atoms with E-state index >= 15 is 0 Å². The average Bonchev–Trinajstić information content (AvgIpc) is 2.94. The molecule has 0 saturated carbocycles. The van der Waals surface area contributed by atoms with Gasteiger partial charge in [0.1, 0.15) is 0 Å². The van der Waals surface area contributed by atoms with Crippen molar-refractivity contribution in [2.45, 2.75) is 43.0 Å². The first-order chi connectivity index (χ1) is 10.9. The Bertz CT molecular complexity index is 518. The van der Waals surface area contributed by atoms with Crippen LogP contribution in [0.3, 0.4) is 0 Å². The van der Waals surface area contributed by atoms with Crippen molar-refractivity contribution in [3.8, 4) is 0 Å². The molecule has 4 nitrogen and oxygen atoms in total. The van der Waals surface area contributed by atoms with Gasteiger partial charge in [-0.2, -0.15) is 18.7 Å². The van der Waals surface area contributed by atoms with E-state index in [-0.39, 0.29) is 11.1 Å². The van der Waals surface area contributed by atoms with Gasteiger partial charge in [0.05, 0.1) is 22.3 Å². The zero-order valence-corrected chi connectivity index (χ0v) is 14.1. The SMILES string of the molecule is FC(F)(F)c1ccc(CN2CCC(C3CC(Br)NO3)CC2)nc1. The van der Waals surface area contributed by atoms with E-state index in [9.17, 15) is 13.2 Å². The first-order valence-electron chi connectivity index (χ1n) is 7.71. The summed E-state index contributed by atoms with van der Waals surface area (Å²) in [6.07, 6.45) is -0.140. The zero-order chi connectivity index (χ0) is 16.4. The summed E-state index contributed by atoms with van der Waals surface area (Å²) in [5.41, 5.74) is 2.91. The Hall–Kier alpha value is -0.700. The quantitative estimate of drug-likeness (QED) is 0.631. The predicted molar refractivity (Wildman–Crippen MR) is 82.6 cm³/mol. The minimum atomic E-state index is -4.33. The Labute approximate surface area is 141 Å². The Balaban J connectivity index is 1.49. The van der Waals surface area contributed by atoms with Crippen molar-refractivity contribution in [2.24, 2.45) is 5.92 Å². The molecule has 0 radical (unpaired) electrons. The van der Waals surface area contributed by atoms with Gasteiger partial charge in [-0.1, -0.05) is 15.9 Å². The molecule has 2 unspecified atom stereocenters. The number of hydrogen-bond acceptors (Lipinski definition) is 4. The van der Waals surface area contributed by atoms with Gasteiger partial charge in [0.25, 0.3) is 0 Å². The van der Waals surface area contributed by atoms with E-state index in [0.717, 1.165) is 44.6 Å². The number of piperidine rings is 1. The molecule has 1 aromatic rings. The summed E-state index contributed by atoms with van der Waals surface area (Å²) in [5.74, 6) is 0.530. The molecule has 1 aromatic heterocycles. The highest BCUT2D eigenvalue weighted by Crippen LogP contribution is 2.30. The third kappa shape index (κ3) is 4.43. The maximum absolute atomic E-state index is 12.5. The van der Waals surface area contributed by atoms with Gasteiger partial charge < -0.3 is 0 Å². The van der Waals surface area contributed by atoms with Crippen molar-refractivity contribution < 1.29 is 18.0 Å². The maximum atomic E-state index is 12.5. The summed E-state index contributed by atoms with van der Waals surface area (Å²) in [5, 5.41) is 0. The molecule has 1 N–H and O–H groups in total. The standard InChI is InChI=1S/C15H19BrF3N3O/c16-14-7-13(23-21-14)10-3-5-22(6-4-10)9-12-2-1-11(8-20-12)15(17,18)19/h1-2,8,10,13-14,21H,3-7,9H2. The molecule has 0 aliphatic carbocycles. The fourth-order valence-electron chi connectivity index (χ4n) is 3.15. The van der Waals surface area contributed by atoms with E-state index in [2.05, 4.69) is 31.3 Å². The number of alkyl halides is 4. The van der Waals surface area contributed by atoms with E-state index in [4.69, 9.17) is 4.84 Å². The van der Waals surface area contributed by atoms with E-state index < -0.39 is 11.7 Å². The third-order valence-corrected chi connectivity index (χ3v) is 5.04. The van der Waals surface area contributed by atoms with Crippen LogP contribution in [0.1, 0.15) is 30.5 Å². The fourth-order valence-corrected chi connectivity index (χ4v) is 3.62. The number of aromatic nitrogens is 1. The Morgan fingerprint density at radius 2 is 2.04 bits per heavy atom. The molecule has 3 heterocycles. The van der Waals surface area contributed by atoms with E-state index in [0.29, 0.717) is 18.2 Å². The lowest BCUT2D eigenvalue weighted by Crippen LogP contribution is -2.37. The first-order valence-corrected chi connectivity index (χ1v) is 8.63. The normalized spacial score (nSPS) is 27.5. The Morgan fingerprint density at radius 1 is 1.30 bits per heavy atom. The van der Waals surface area contributed by atoms with Gasteiger partial charge >= 0.3 is 6.18 Å². The highest BCUT2D eigenvalue weighted by Gasteiger charge is 2.33. The van der Waals surface area contributed by atoms with Crippen LogP contribution in [0.25, 0.3) is 0 Å². The van der Waals surface area contributed by atoms with E-state index in [1.165, 1.54) is 6.07 Å². The number of rotatable bonds is 3. The van der Waals surface area contributed by atoms with Crippen LogP contribution in [0.2, 0.25) is 0 Å². The lowest BCUT2D eigenvalue weighted by atomic mass is 9.90. The van der Waals surface area contributed by atoms with Gasteiger partial charge in [-0.15, -0.1) is 0 Å². The summed E-state index contributed by atoms with van der Waals surface area (Å²) in [4.78, 5) is 12.0. The topological polar surface area (TPSA) is 37.4 Å². The van der Waals surface area contributed by atoms with Gasteiger partial charge in [0.2, 0.25) is 0 Å². The highest BCUT2D eigenvalue weighted by atomic mass is 79.9. The van der Waals surface area contributed by atoms with Gasteiger partial charge in [-0.25, -0.2) is 0 Å². The lowest BCUT2D eigenvalue weighted by Gasteiger charge is -2.33. The molecule has 2 saturated heterocycles. The van der Waals surface area contributed by atoms with Crippen LogP contribution in [0, 0.1) is 5.92 Å². The summed E-state index contributed by atoms with van der Waals surface area (Å²) >= 11 is 3.49. The minimum Gasteiger partial charge on any atom is -0.297 e. The molecule has 2 atom stereocenters. The molecule has 128 valence electrons. The number of nitrogens with one attached hydrogen (secondary N) is 1. The molecule has 23 heavy (non-hydrogen) atoms. The van der Waals surface area contributed by atoms with Crippen molar-refractivity contribution in [3.05, 3.63) is 29.6 Å². The van der Waals surface area contributed by atoms with Crippen LogP contribution in [0.15, 0.2) is 18.3 Å². The zero-order valence-electron chi connectivity index (χ0n) is 12.5. The second kappa shape index (κ2) is 7.04. The number of hydrogen-bond donors (Lipinski definition) is 1. The molecule has 3 rings (SSSR count). The lowest BCUT2D eigenvalue weighted by molar-refractivity contribution is -0.137. The molecule has 0 aromatic carbocycles. The molecule has 0 amide bonds. The maximum Gasteiger partial charge on any atom is 0.417 e. The smallest absolute Gasteiger partial charge is 0.297 e. The largest absolute Gasteiger partial charge is 0.417 e. The number of halogens is 4. The second-order valence-corrected chi connectivity index (χ2v) is 7.23. The second-order valence-electron chi connectivity index (χ2n) is 6.13. The molecule has 2 aliphatic rings. The van der Waals surface area contributed by atoms with Crippen molar-refractivity contribution in [2.75, 3.05) is 13.1 Å². The van der Waals surface area contributed by atoms with Gasteiger partial charge in [0.15, 0.2) is 0 Å². The molecular formula is C15H19BrF3N3O. The molecule has 8 heteroatoms. The number of likely N-dealkylation sites (tertiary alicyclic amines) is 1. The monoisotopic (exact) mass is 393 g/mol. The Kier molecular flexibility index (Phi) is 5.25. The van der Waals surface area contributed by atoms with Crippen LogP contribution in [0.5, 0.6) is 0 Å². The van der Waals surface area contributed by atoms with Crippen LogP contribution >= 0.6 is 15.9 Å². The van der Waals surface area contributed by atoms with Crippen molar-refractivity contribution in [1.29, 1.82) is 0 Å². The number of nitrogens with zero attached hydrogens (tertiary/aromatic N) is 2. The molecule has 0 bridgehead atoms. The van der Waals surface area contributed by atoms with Crippen LogP contribution in [-0.2, 0) is 17.6 Å². The number of hydroxylamine groups is 1. The van der Waals surface area contributed by atoms with E-state index in [1.807, 2.05) is 0 Å². The molecule has 0 spiro atoms. The fraction of sp³-hybridized carbons (Fsp3) is 0.667. The molecule has 2 fully saturated rings. The average molecular weight is 394 g/mol. The molecular weight excluding hydrogens is 375 g/mol. The van der Waals surface area contributed by atoms with Crippen molar-refractivity contribution in [3.63, 3.8) is 0 Å². The summed E-state index contributed by atoms with van der Waals surface area (Å²) in [7, 11) is 0. The summed E-state index contributed by atoms with van der Waals surface area (Å²) < 4.78 is 37.6. The van der Waals surface area contributed by atoms with Crippen LogP contribution in [-0.4, -0.2) is 34.0 Å². The third-order valence-electron chi connectivity index (χ3n) is 4.48. The highest BCUT2D eigenvalue weighted by molar-refractivity contribution is 9.09. The Morgan fingerprint density at radius 3 is 2.57 bits per heavy atom. The summed E-state index contributed by atoms with van der Waals surface area (Å²) in [6, 6.07) is 2.57. The van der Waals surface area contributed by atoms with Gasteiger partial charge in [-0.05, 0) is 44.0 Å².